The molecule has 0 radical (unpaired) electrons. The molecule has 2 N–H and O–H groups in total. The van der Waals surface area contributed by atoms with Gasteiger partial charge in [-0.15, -0.1) is 0 Å². The van der Waals surface area contributed by atoms with E-state index in [4.69, 9.17) is 0 Å². The minimum absolute atomic E-state index is 0.846. The van der Waals surface area contributed by atoms with Crippen molar-refractivity contribution < 1.29 is 0 Å². The Morgan fingerprint density at radius 3 is 3.20 bits per heavy atom. The lowest BCUT2D eigenvalue weighted by Gasteiger charge is -2.03. The molecule has 15 heavy (non-hydrogen) atoms. The number of nitrogens with zero attached hydrogens (tertiary/aromatic N) is 3. The number of nitrogens with one attached hydrogen (secondary N) is 2. The van der Waals surface area contributed by atoms with Crippen LogP contribution in [0.3, 0.4) is 0 Å². The zero-order chi connectivity index (χ0) is 10.3. The molecule has 0 bridgehead atoms. The standard InChI is InChI=1S/C10H15N5/c1(5-15-6-2-4-14-15)3-11-7-10-8-12-9-13-10/h2,4,6,8-9,11H,1,3,5,7H2,(H,12,13). The molecule has 2 heterocycles. The summed E-state index contributed by atoms with van der Waals surface area (Å²) in [5.41, 5.74) is 1.12. The van der Waals surface area contributed by atoms with Crippen molar-refractivity contribution in [3.63, 3.8) is 0 Å². The maximum atomic E-state index is 4.14. The molecule has 80 valence electrons. The number of aryl methyl sites for hydroxylation is 1. The van der Waals surface area contributed by atoms with Gasteiger partial charge in [0.15, 0.2) is 0 Å². The van der Waals surface area contributed by atoms with Gasteiger partial charge in [0, 0.05) is 37.4 Å². The van der Waals surface area contributed by atoms with E-state index in [0.717, 1.165) is 31.7 Å². The number of hydrogen-bond acceptors (Lipinski definition) is 3. The van der Waals surface area contributed by atoms with Gasteiger partial charge >= 0.3 is 0 Å². The summed E-state index contributed by atoms with van der Waals surface area (Å²) in [6.45, 7) is 2.79. The van der Waals surface area contributed by atoms with Crippen LogP contribution in [-0.4, -0.2) is 26.3 Å². The highest BCUT2D eigenvalue weighted by atomic mass is 15.3. The molecule has 2 aromatic rings. The summed E-state index contributed by atoms with van der Waals surface area (Å²) >= 11 is 0. The molecule has 5 nitrogen and oxygen atoms in total. The Morgan fingerprint density at radius 2 is 2.47 bits per heavy atom. The van der Waals surface area contributed by atoms with Gasteiger partial charge in [-0.2, -0.15) is 5.10 Å². The Bertz CT molecular complexity index is 315. The first-order chi connectivity index (χ1) is 7.45. The Morgan fingerprint density at radius 1 is 1.47 bits per heavy atom. The Labute approximate surface area is 88.5 Å². The second-order valence-corrected chi connectivity index (χ2v) is 3.38. The molecular weight excluding hydrogens is 190 g/mol. The topological polar surface area (TPSA) is 58.5 Å². The minimum Gasteiger partial charge on any atom is -0.347 e. The molecule has 5 heteroatoms. The molecule has 0 aliphatic heterocycles. The summed E-state index contributed by atoms with van der Waals surface area (Å²) < 4.78 is 1.94. The average molecular weight is 205 g/mol. The zero-order valence-corrected chi connectivity index (χ0v) is 8.56. The molecule has 0 spiro atoms. The molecular formula is C10H15N5. The fourth-order valence-electron chi connectivity index (χ4n) is 1.40. The van der Waals surface area contributed by atoms with Crippen molar-refractivity contribution in [3.05, 3.63) is 36.7 Å². The first kappa shape index (κ1) is 9.92. The van der Waals surface area contributed by atoms with Crippen LogP contribution in [-0.2, 0) is 13.1 Å². The van der Waals surface area contributed by atoms with Crippen molar-refractivity contribution in [2.75, 3.05) is 6.54 Å². The van der Waals surface area contributed by atoms with E-state index in [9.17, 15) is 0 Å². The number of hydrogen-bond donors (Lipinski definition) is 2. The summed E-state index contributed by atoms with van der Waals surface area (Å²) in [6, 6.07) is 1.94. The molecule has 0 saturated heterocycles. The van der Waals surface area contributed by atoms with Crippen molar-refractivity contribution >= 4 is 0 Å². The summed E-state index contributed by atoms with van der Waals surface area (Å²) in [5, 5.41) is 7.47. The molecule has 2 aromatic heterocycles. The van der Waals surface area contributed by atoms with Crippen LogP contribution < -0.4 is 5.32 Å². The van der Waals surface area contributed by atoms with Gasteiger partial charge in [-0.1, -0.05) is 0 Å². The molecule has 0 aliphatic carbocycles. The number of aromatic amines is 1. The van der Waals surface area contributed by atoms with Gasteiger partial charge in [-0.05, 0) is 19.0 Å². The van der Waals surface area contributed by atoms with Crippen molar-refractivity contribution in [3.8, 4) is 0 Å². The molecule has 0 saturated carbocycles. The predicted octanol–water partition coefficient (Wildman–Crippen LogP) is 0.786. The van der Waals surface area contributed by atoms with E-state index in [1.165, 1.54) is 0 Å². The summed E-state index contributed by atoms with van der Waals surface area (Å²) in [5.74, 6) is 0. The average Bonchev–Trinajstić information content (AvgIpc) is 2.88. The minimum atomic E-state index is 0.846. The van der Waals surface area contributed by atoms with Crippen LogP contribution in [0, 0.1) is 0 Å². The van der Waals surface area contributed by atoms with E-state index >= 15 is 0 Å². The molecule has 0 atom stereocenters. The SMILES string of the molecule is c1cnn(CCCNCc2cnc[nH]2)c1. The maximum absolute atomic E-state index is 4.14. The predicted molar refractivity (Wildman–Crippen MR) is 57.1 cm³/mol. The Hall–Kier alpha value is -1.62. The first-order valence-corrected chi connectivity index (χ1v) is 5.10. The van der Waals surface area contributed by atoms with Crippen molar-refractivity contribution in [1.82, 2.24) is 25.1 Å². The van der Waals surface area contributed by atoms with E-state index in [0.29, 0.717) is 0 Å². The van der Waals surface area contributed by atoms with E-state index in [-0.39, 0.29) is 0 Å². The highest BCUT2D eigenvalue weighted by molar-refractivity contribution is 4.92. The lowest BCUT2D eigenvalue weighted by Crippen LogP contribution is -2.16. The first-order valence-electron chi connectivity index (χ1n) is 5.10. The quantitative estimate of drug-likeness (QED) is 0.685. The molecule has 0 fully saturated rings. The van der Waals surface area contributed by atoms with Crippen LogP contribution in [0.2, 0.25) is 0 Å². The Kier molecular flexibility index (Phi) is 3.51. The fraction of sp³-hybridized carbons (Fsp3) is 0.400. The van der Waals surface area contributed by atoms with Crippen LogP contribution in [0.15, 0.2) is 31.0 Å². The van der Waals surface area contributed by atoms with Crippen LogP contribution in [0.1, 0.15) is 12.1 Å². The number of imidazole rings is 1. The second kappa shape index (κ2) is 5.31. The molecule has 2 rings (SSSR count). The molecule has 0 aliphatic rings. The highest BCUT2D eigenvalue weighted by Gasteiger charge is 1.93. The van der Waals surface area contributed by atoms with Crippen molar-refractivity contribution in [2.24, 2.45) is 0 Å². The van der Waals surface area contributed by atoms with E-state index in [1.54, 1.807) is 12.5 Å². The lowest BCUT2D eigenvalue weighted by atomic mass is 10.4. The Balaban J connectivity index is 1.56. The van der Waals surface area contributed by atoms with Crippen LogP contribution >= 0.6 is 0 Å². The summed E-state index contributed by atoms with van der Waals surface area (Å²) in [4.78, 5) is 7.00. The smallest absolute Gasteiger partial charge is 0.0922 e. The van der Waals surface area contributed by atoms with E-state index < -0.39 is 0 Å². The van der Waals surface area contributed by atoms with Gasteiger partial charge in [-0.3, -0.25) is 4.68 Å². The monoisotopic (exact) mass is 205 g/mol. The largest absolute Gasteiger partial charge is 0.347 e. The van der Waals surface area contributed by atoms with Gasteiger partial charge in [-0.25, -0.2) is 4.98 Å². The van der Waals surface area contributed by atoms with Crippen molar-refractivity contribution in [2.45, 2.75) is 19.5 Å². The third kappa shape index (κ3) is 3.21. The van der Waals surface area contributed by atoms with Gasteiger partial charge in [0.2, 0.25) is 0 Å². The van der Waals surface area contributed by atoms with Gasteiger partial charge in [0.1, 0.15) is 0 Å². The van der Waals surface area contributed by atoms with Gasteiger partial charge in [0.25, 0.3) is 0 Å². The van der Waals surface area contributed by atoms with Crippen LogP contribution in [0.25, 0.3) is 0 Å². The van der Waals surface area contributed by atoms with Crippen LogP contribution in [0.4, 0.5) is 0 Å². The second-order valence-electron chi connectivity index (χ2n) is 3.38. The zero-order valence-electron chi connectivity index (χ0n) is 8.56. The molecule has 0 aromatic carbocycles. The third-order valence-corrected chi connectivity index (χ3v) is 2.17. The third-order valence-electron chi connectivity index (χ3n) is 2.17. The normalized spacial score (nSPS) is 10.7. The maximum Gasteiger partial charge on any atom is 0.0922 e. The lowest BCUT2D eigenvalue weighted by molar-refractivity contribution is 0.541. The molecule has 0 unspecified atom stereocenters. The fourth-order valence-corrected chi connectivity index (χ4v) is 1.40. The number of rotatable bonds is 6. The highest BCUT2D eigenvalue weighted by Crippen LogP contribution is 1.91. The summed E-state index contributed by atoms with van der Waals surface area (Å²) in [7, 11) is 0. The van der Waals surface area contributed by atoms with Crippen LogP contribution in [0.5, 0.6) is 0 Å². The van der Waals surface area contributed by atoms with E-state index in [1.807, 2.05) is 23.1 Å². The number of aromatic nitrogens is 4. The summed E-state index contributed by atoms with van der Waals surface area (Å²) in [6.07, 6.45) is 8.39. The van der Waals surface area contributed by atoms with Crippen molar-refractivity contribution in [1.29, 1.82) is 0 Å². The number of H-pyrrole nitrogens is 1. The van der Waals surface area contributed by atoms with Gasteiger partial charge in [0.05, 0.1) is 6.33 Å². The molecule has 0 amide bonds. The van der Waals surface area contributed by atoms with E-state index in [2.05, 4.69) is 20.4 Å². The van der Waals surface area contributed by atoms with Gasteiger partial charge < -0.3 is 10.3 Å².